The van der Waals surface area contributed by atoms with Crippen LogP contribution in [-0.4, -0.2) is 10.8 Å². The molecule has 1 N–H and O–H groups in total. The Kier molecular flexibility index (Phi) is 6.85. The zero-order chi connectivity index (χ0) is 24.6. The SMILES string of the molecule is O=C1Nc2cc(C(F)(F)F)ccc2/C1=C/c1cc(I)c(OCc2cccc([N+](=O)[O-])c2)c(I)c1. The Hall–Kier alpha value is -2.68. The van der Waals surface area contributed by atoms with Crippen molar-refractivity contribution in [2.24, 2.45) is 0 Å². The molecule has 3 aromatic rings. The number of anilines is 1. The van der Waals surface area contributed by atoms with Crippen molar-refractivity contribution < 1.29 is 27.6 Å². The maximum atomic E-state index is 13.0. The highest BCUT2D eigenvalue weighted by molar-refractivity contribution is 14.1. The summed E-state index contributed by atoms with van der Waals surface area (Å²) in [6.45, 7) is 0.130. The smallest absolute Gasteiger partial charge is 0.416 e. The lowest BCUT2D eigenvalue weighted by Crippen LogP contribution is -2.06. The summed E-state index contributed by atoms with van der Waals surface area (Å²) in [7, 11) is 0. The minimum absolute atomic E-state index is 0.0232. The van der Waals surface area contributed by atoms with Crippen LogP contribution in [-0.2, 0) is 17.6 Å². The number of amides is 1. The fraction of sp³-hybridized carbons (Fsp3) is 0.0870. The van der Waals surface area contributed by atoms with Crippen molar-refractivity contribution >= 4 is 74.1 Å². The second-order valence-corrected chi connectivity index (χ2v) is 9.62. The van der Waals surface area contributed by atoms with E-state index in [1.165, 1.54) is 18.2 Å². The first-order valence-electron chi connectivity index (χ1n) is 9.63. The molecule has 1 heterocycles. The first-order chi connectivity index (χ1) is 16.0. The van der Waals surface area contributed by atoms with E-state index in [9.17, 15) is 28.1 Å². The Bertz CT molecular complexity index is 1330. The van der Waals surface area contributed by atoms with Crippen LogP contribution < -0.4 is 10.1 Å². The minimum Gasteiger partial charge on any atom is -0.487 e. The fourth-order valence-corrected chi connectivity index (χ4v) is 5.52. The van der Waals surface area contributed by atoms with Crippen LogP contribution in [0.1, 0.15) is 22.3 Å². The van der Waals surface area contributed by atoms with E-state index in [1.807, 2.05) is 0 Å². The van der Waals surface area contributed by atoms with Gasteiger partial charge in [-0.2, -0.15) is 13.2 Å². The normalized spacial score (nSPS) is 14.1. The number of fused-ring (bicyclic) bond motifs is 1. The molecule has 1 amide bonds. The topological polar surface area (TPSA) is 81.5 Å². The van der Waals surface area contributed by atoms with Gasteiger partial charge in [-0.1, -0.05) is 18.2 Å². The van der Waals surface area contributed by atoms with E-state index in [2.05, 4.69) is 50.5 Å². The van der Waals surface area contributed by atoms with Gasteiger partial charge in [0.25, 0.3) is 11.6 Å². The van der Waals surface area contributed by atoms with Crippen LogP contribution in [0.2, 0.25) is 0 Å². The molecule has 174 valence electrons. The number of benzene rings is 3. The largest absolute Gasteiger partial charge is 0.487 e. The first-order valence-corrected chi connectivity index (χ1v) is 11.8. The van der Waals surface area contributed by atoms with E-state index < -0.39 is 22.6 Å². The van der Waals surface area contributed by atoms with E-state index >= 15 is 0 Å². The van der Waals surface area contributed by atoms with Gasteiger partial charge in [-0.05, 0) is 86.7 Å². The highest BCUT2D eigenvalue weighted by Gasteiger charge is 2.33. The highest BCUT2D eigenvalue weighted by Crippen LogP contribution is 2.39. The molecule has 0 spiro atoms. The summed E-state index contributed by atoms with van der Waals surface area (Å²) in [6.07, 6.45) is -2.89. The van der Waals surface area contributed by atoms with Gasteiger partial charge in [0.05, 0.1) is 17.6 Å². The highest BCUT2D eigenvalue weighted by atomic mass is 127. The number of non-ortho nitro benzene ring substituents is 1. The molecular formula is C23H13F3I2N2O4. The Morgan fingerprint density at radius 3 is 2.41 bits per heavy atom. The Morgan fingerprint density at radius 1 is 1.06 bits per heavy atom. The minimum atomic E-state index is -4.50. The number of carbonyl (C=O) groups excluding carboxylic acids is 1. The second kappa shape index (κ2) is 9.52. The number of nitrogens with zero attached hydrogens (tertiary/aromatic N) is 1. The summed E-state index contributed by atoms with van der Waals surface area (Å²) in [5.41, 5.74) is 1.24. The van der Waals surface area contributed by atoms with Crippen molar-refractivity contribution in [1.29, 1.82) is 0 Å². The lowest BCUT2D eigenvalue weighted by Gasteiger charge is -2.12. The van der Waals surface area contributed by atoms with Crippen molar-refractivity contribution in [1.82, 2.24) is 0 Å². The summed E-state index contributed by atoms with van der Waals surface area (Å²) in [6, 6.07) is 12.9. The van der Waals surface area contributed by atoms with Gasteiger partial charge in [0.1, 0.15) is 12.4 Å². The third-order valence-electron chi connectivity index (χ3n) is 4.97. The number of carbonyl (C=O) groups is 1. The number of alkyl halides is 3. The predicted octanol–water partition coefficient (Wildman–Crippen LogP) is 6.89. The zero-order valence-corrected chi connectivity index (χ0v) is 21.3. The lowest BCUT2D eigenvalue weighted by atomic mass is 10.0. The average molecular weight is 692 g/mol. The van der Waals surface area contributed by atoms with Gasteiger partial charge in [0, 0.05) is 29.0 Å². The van der Waals surface area contributed by atoms with Crippen molar-refractivity contribution in [3.8, 4) is 5.75 Å². The summed E-state index contributed by atoms with van der Waals surface area (Å²) in [5, 5.41) is 13.4. The molecule has 0 atom stereocenters. The summed E-state index contributed by atoms with van der Waals surface area (Å²) < 4.78 is 46.3. The van der Waals surface area contributed by atoms with Gasteiger partial charge in [0.15, 0.2) is 0 Å². The number of nitro groups is 1. The molecule has 4 rings (SSSR count). The third kappa shape index (κ3) is 5.19. The Labute approximate surface area is 218 Å². The van der Waals surface area contributed by atoms with Crippen LogP contribution in [0.4, 0.5) is 24.5 Å². The van der Waals surface area contributed by atoms with Crippen molar-refractivity contribution in [3.63, 3.8) is 0 Å². The van der Waals surface area contributed by atoms with Gasteiger partial charge in [-0.15, -0.1) is 0 Å². The third-order valence-corrected chi connectivity index (χ3v) is 6.57. The van der Waals surface area contributed by atoms with Gasteiger partial charge in [-0.25, -0.2) is 0 Å². The van der Waals surface area contributed by atoms with Gasteiger partial charge in [-0.3, -0.25) is 14.9 Å². The van der Waals surface area contributed by atoms with E-state index in [0.29, 0.717) is 22.4 Å². The number of hydrogen-bond acceptors (Lipinski definition) is 4. The maximum absolute atomic E-state index is 13.0. The Morgan fingerprint density at radius 2 is 1.76 bits per heavy atom. The predicted molar refractivity (Wildman–Crippen MR) is 137 cm³/mol. The van der Waals surface area contributed by atoms with Crippen LogP contribution >= 0.6 is 45.2 Å². The molecule has 0 unspecified atom stereocenters. The lowest BCUT2D eigenvalue weighted by molar-refractivity contribution is -0.384. The Balaban J connectivity index is 1.59. The molecule has 3 aromatic carbocycles. The molecule has 34 heavy (non-hydrogen) atoms. The average Bonchev–Trinajstić information content (AvgIpc) is 3.07. The number of rotatable bonds is 5. The number of halogens is 5. The van der Waals surface area contributed by atoms with Crippen molar-refractivity contribution in [3.05, 3.63) is 94.1 Å². The van der Waals surface area contributed by atoms with Crippen LogP contribution in [0.25, 0.3) is 11.6 Å². The van der Waals surface area contributed by atoms with Crippen molar-refractivity contribution in [2.45, 2.75) is 12.8 Å². The molecule has 11 heteroatoms. The van der Waals surface area contributed by atoms with Gasteiger partial charge >= 0.3 is 6.18 Å². The first kappa shape index (κ1) is 24.4. The van der Waals surface area contributed by atoms with E-state index in [4.69, 9.17) is 4.74 Å². The zero-order valence-electron chi connectivity index (χ0n) is 17.0. The van der Waals surface area contributed by atoms with Crippen LogP contribution in [0.3, 0.4) is 0 Å². The fourth-order valence-electron chi connectivity index (χ4n) is 3.40. The van der Waals surface area contributed by atoms with Crippen LogP contribution in [0.15, 0.2) is 54.6 Å². The number of nitrogens with one attached hydrogen (secondary N) is 1. The molecule has 1 aliphatic heterocycles. The van der Waals surface area contributed by atoms with E-state index in [0.717, 1.165) is 19.3 Å². The monoisotopic (exact) mass is 692 g/mol. The quantitative estimate of drug-likeness (QED) is 0.137. The summed E-state index contributed by atoms with van der Waals surface area (Å²) in [5.74, 6) is 0.103. The number of nitro benzene ring substituents is 1. The van der Waals surface area contributed by atoms with Gasteiger partial charge < -0.3 is 10.1 Å². The summed E-state index contributed by atoms with van der Waals surface area (Å²) >= 11 is 4.17. The molecule has 0 aliphatic carbocycles. The second-order valence-electron chi connectivity index (χ2n) is 7.30. The van der Waals surface area contributed by atoms with Crippen LogP contribution in [0, 0.1) is 17.3 Å². The molecule has 0 fully saturated rings. The number of hydrogen-bond donors (Lipinski definition) is 1. The molecular weight excluding hydrogens is 679 g/mol. The van der Waals surface area contributed by atoms with E-state index in [-0.39, 0.29) is 23.6 Å². The standard InChI is InChI=1S/C23H13F3I2N2O4/c24-23(25,26)14-4-5-16-17(22(31)29-20(16)10-14)7-13-8-18(27)21(19(28)9-13)34-11-12-2-1-3-15(6-12)30(32)33/h1-10H,11H2,(H,29,31)/b17-7-. The molecule has 1 aliphatic rings. The molecule has 0 bridgehead atoms. The molecule has 0 aromatic heterocycles. The molecule has 0 radical (unpaired) electrons. The molecule has 0 saturated carbocycles. The molecule has 0 saturated heterocycles. The van der Waals surface area contributed by atoms with Crippen LogP contribution in [0.5, 0.6) is 5.75 Å². The van der Waals surface area contributed by atoms with Crippen molar-refractivity contribution in [2.75, 3.05) is 5.32 Å². The number of ether oxygens (including phenoxy) is 1. The summed E-state index contributed by atoms with van der Waals surface area (Å²) in [4.78, 5) is 22.9. The van der Waals surface area contributed by atoms with E-state index in [1.54, 1.807) is 30.3 Å². The van der Waals surface area contributed by atoms with Gasteiger partial charge in [0.2, 0.25) is 0 Å². The maximum Gasteiger partial charge on any atom is 0.416 e. The molecule has 6 nitrogen and oxygen atoms in total.